The van der Waals surface area contributed by atoms with Crippen LogP contribution in [0.15, 0.2) is 0 Å². The van der Waals surface area contributed by atoms with E-state index in [1.54, 1.807) is 0 Å². The predicted octanol–water partition coefficient (Wildman–Crippen LogP) is 0.650. The maximum absolute atomic E-state index is 10.3. The van der Waals surface area contributed by atoms with Gasteiger partial charge in [0.25, 0.3) is 0 Å². The predicted molar refractivity (Wildman–Crippen MR) is 63.0 cm³/mol. The highest BCUT2D eigenvalue weighted by molar-refractivity contribution is 7.94. The van der Waals surface area contributed by atoms with Crippen molar-refractivity contribution in [2.75, 3.05) is 0 Å². The molecule has 0 aromatic rings. The highest BCUT2D eigenvalue weighted by Gasteiger charge is 2.16. The fourth-order valence-electron chi connectivity index (χ4n) is 1.75. The maximum Gasteiger partial charge on any atom is 0.413 e. The van der Waals surface area contributed by atoms with Gasteiger partial charge in [0.1, 0.15) is 0 Å². The zero-order valence-corrected chi connectivity index (χ0v) is 11.6. The molecule has 0 amide bonds. The second-order valence-corrected chi connectivity index (χ2v) is 6.28. The summed E-state index contributed by atoms with van der Waals surface area (Å²) in [5, 5.41) is 8.47. The van der Waals surface area contributed by atoms with E-state index in [1.165, 1.54) is 19.3 Å². The Balaban J connectivity index is 0.000000344. The lowest BCUT2D eigenvalue weighted by atomic mass is 9.87. The first-order chi connectivity index (χ1) is 8.49. The van der Waals surface area contributed by atoms with Crippen LogP contribution in [0.25, 0.3) is 0 Å². The molecular weight excluding hydrogens is 304 g/mol. The van der Waals surface area contributed by atoms with Crippen molar-refractivity contribution in [1.29, 1.82) is 0 Å². The van der Waals surface area contributed by atoms with Crippen molar-refractivity contribution in [3.8, 4) is 0 Å². The fourth-order valence-corrected chi connectivity index (χ4v) is 2.62. The monoisotopic (exact) mass is 320 g/mol. The smallest absolute Gasteiger partial charge is 0.413 e. The minimum Gasteiger partial charge on any atom is -0.481 e. The topological polar surface area (TPSA) is 155 Å². The molecular formula is C8H16O9S2. The van der Waals surface area contributed by atoms with Crippen LogP contribution in [0, 0.1) is 5.92 Å². The van der Waals surface area contributed by atoms with Gasteiger partial charge >= 0.3 is 26.8 Å². The molecule has 114 valence electrons. The normalized spacial score (nSPS) is 17.4. The van der Waals surface area contributed by atoms with Crippen molar-refractivity contribution in [2.45, 2.75) is 38.5 Å². The van der Waals surface area contributed by atoms with Gasteiger partial charge in [-0.1, -0.05) is 19.3 Å². The van der Waals surface area contributed by atoms with Gasteiger partial charge in [-0.15, -0.1) is 3.63 Å². The summed E-state index contributed by atoms with van der Waals surface area (Å²) in [6.07, 6.45) is 6.42. The van der Waals surface area contributed by atoms with Crippen molar-refractivity contribution in [3.05, 3.63) is 0 Å². The molecule has 0 unspecified atom stereocenters. The molecule has 11 heteroatoms. The molecule has 0 atom stereocenters. The lowest BCUT2D eigenvalue weighted by Gasteiger charge is -2.18. The molecule has 3 N–H and O–H groups in total. The summed E-state index contributed by atoms with van der Waals surface area (Å²) in [6, 6.07) is 0. The van der Waals surface area contributed by atoms with E-state index >= 15 is 0 Å². The number of aliphatic carboxylic acids is 1. The third-order valence-corrected chi connectivity index (χ3v) is 3.74. The summed E-state index contributed by atoms with van der Waals surface area (Å²) < 4.78 is 55.6. The first-order valence-electron chi connectivity index (χ1n) is 5.37. The van der Waals surface area contributed by atoms with E-state index in [1.807, 2.05) is 0 Å². The van der Waals surface area contributed by atoms with Crippen LogP contribution < -0.4 is 0 Å². The lowest BCUT2D eigenvalue weighted by molar-refractivity contribution is -0.138. The summed E-state index contributed by atoms with van der Waals surface area (Å²) >= 11 is 0. The van der Waals surface area contributed by atoms with Gasteiger partial charge in [0.2, 0.25) is 0 Å². The standard InChI is InChI=1S/C8H14O2.H2O7S2/c9-8(10)6-7-4-2-1-3-5-7;1-8(2,3)7-9(4,5)6/h7H,1-6H2,(H,9,10);(H,1,2,3)(H,4,5,6). The highest BCUT2D eigenvalue weighted by atomic mass is 32.3. The molecule has 9 nitrogen and oxygen atoms in total. The molecule has 0 saturated heterocycles. The van der Waals surface area contributed by atoms with Gasteiger partial charge < -0.3 is 5.11 Å². The van der Waals surface area contributed by atoms with Crippen LogP contribution >= 0.6 is 0 Å². The van der Waals surface area contributed by atoms with Crippen molar-refractivity contribution < 1.29 is 39.5 Å². The number of hydrogen-bond donors (Lipinski definition) is 3. The summed E-state index contributed by atoms with van der Waals surface area (Å²) in [7, 11) is -10.2. The van der Waals surface area contributed by atoms with Crippen LogP contribution in [0.2, 0.25) is 0 Å². The van der Waals surface area contributed by atoms with Gasteiger partial charge in [-0.25, -0.2) is 0 Å². The van der Waals surface area contributed by atoms with E-state index in [2.05, 4.69) is 3.63 Å². The molecule has 19 heavy (non-hydrogen) atoms. The summed E-state index contributed by atoms with van der Waals surface area (Å²) in [6.45, 7) is 0. The molecule has 1 aliphatic carbocycles. The number of carbonyl (C=O) groups is 1. The van der Waals surface area contributed by atoms with Gasteiger partial charge in [-0.2, -0.15) is 16.8 Å². The molecule has 1 aliphatic rings. The Morgan fingerprint density at radius 1 is 1.00 bits per heavy atom. The fraction of sp³-hybridized carbons (Fsp3) is 0.875. The van der Waals surface area contributed by atoms with E-state index in [-0.39, 0.29) is 0 Å². The molecule has 0 radical (unpaired) electrons. The number of carboxylic acid groups (broad SMARTS) is 1. The highest BCUT2D eigenvalue weighted by Crippen LogP contribution is 2.25. The summed E-state index contributed by atoms with van der Waals surface area (Å²) in [5.74, 6) is -0.154. The minimum atomic E-state index is -5.12. The molecule has 0 heterocycles. The van der Waals surface area contributed by atoms with Gasteiger partial charge in [0, 0.05) is 6.42 Å². The van der Waals surface area contributed by atoms with Crippen molar-refractivity contribution in [2.24, 2.45) is 5.92 Å². The Bertz CT molecular complexity index is 442. The molecule has 1 rings (SSSR count). The zero-order valence-electron chi connectivity index (χ0n) is 9.93. The van der Waals surface area contributed by atoms with Crippen molar-refractivity contribution in [3.63, 3.8) is 0 Å². The first kappa shape index (κ1) is 18.2. The maximum atomic E-state index is 10.3. The zero-order chi connectivity index (χ0) is 15.1. The minimum absolute atomic E-state index is 0.389. The van der Waals surface area contributed by atoms with Crippen LogP contribution in [0.1, 0.15) is 38.5 Å². The van der Waals surface area contributed by atoms with E-state index in [9.17, 15) is 21.6 Å². The van der Waals surface area contributed by atoms with Gasteiger partial charge in [-0.3, -0.25) is 13.9 Å². The van der Waals surface area contributed by atoms with E-state index < -0.39 is 26.8 Å². The Kier molecular flexibility index (Phi) is 7.44. The summed E-state index contributed by atoms with van der Waals surface area (Å²) in [4.78, 5) is 10.3. The quantitative estimate of drug-likeness (QED) is 0.633. The molecule has 0 aliphatic heterocycles. The van der Waals surface area contributed by atoms with E-state index in [0.717, 1.165) is 12.8 Å². The third kappa shape index (κ3) is 13.5. The molecule has 1 fully saturated rings. The molecule has 0 bridgehead atoms. The average Bonchev–Trinajstić information content (AvgIpc) is 2.12. The van der Waals surface area contributed by atoms with E-state index in [0.29, 0.717) is 12.3 Å². The number of rotatable bonds is 4. The van der Waals surface area contributed by atoms with Crippen LogP contribution in [0.5, 0.6) is 0 Å². The Morgan fingerprint density at radius 2 is 1.42 bits per heavy atom. The van der Waals surface area contributed by atoms with Gasteiger partial charge in [0.15, 0.2) is 0 Å². The molecule has 0 aromatic heterocycles. The largest absolute Gasteiger partial charge is 0.481 e. The Hall–Kier alpha value is -0.750. The first-order valence-corrected chi connectivity index (χ1v) is 8.10. The van der Waals surface area contributed by atoms with Crippen LogP contribution in [0.3, 0.4) is 0 Å². The van der Waals surface area contributed by atoms with Gasteiger partial charge in [0.05, 0.1) is 0 Å². The molecule has 1 saturated carbocycles. The second-order valence-electron chi connectivity index (χ2n) is 4.03. The van der Waals surface area contributed by atoms with Crippen LogP contribution in [0.4, 0.5) is 0 Å². The van der Waals surface area contributed by atoms with Crippen molar-refractivity contribution >= 4 is 26.8 Å². The summed E-state index contributed by atoms with van der Waals surface area (Å²) in [5.41, 5.74) is 0. The Labute approximate surface area is 111 Å². The lowest BCUT2D eigenvalue weighted by Crippen LogP contribution is -2.10. The SMILES string of the molecule is O=C(O)CC1CCCCC1.O=S(=O)(O)OS(=O)(=O)O. The number of hydrogen-bond acceptors (Lipinski definition) is 6. The van der Waals surface area contributed by atoms with E-state index in [4.69, 9.17) is 14.2 Å². The second kappa shape index (κ2) is 7.75. The Morgan fingerprint density at radius 3 is 1.68 bits per heavy atom. The van der Waals surface area contributed by atoms with Crippen LogP contribution in [-0.2, 0) is 29.2 Å². The van der Waals surface area contributed by atoms with Crippen LogP contribution in [-0.4, -0.2) is 37.0 Å². The van der Waals surface area contributed by atoms with Crippen molar-refractivity contribution in [1.82, 2.24) is 0 Å². The number of carboxylic acids is 1. The third-order valence-electron chi connectivity index (χ3n) is 2.36. The average molecular weight is 320 g/mol. The molecule has 0 spiro atoms. The van der Waals surface area contributed by atoms with Gasteiger partial charge in [-0.05, 0) is 18.8 Å². The molecule has 0 aromatic carbocycles.